The molecular weight excluding hydrogens is 126 g/mol. The van der Waals surface area contributed by atoms with Crippen molar-refractivity contribution in [3.63, 3.8) is 0 Å². The largest absolute Gasteiger partial charge is 0.315 e. The first-order valence-corrected chi connectivity index (χ1v) is 3.36. The molecule has 1 fully saturated rings. The monoisotopic (exact) mass is 137 g/mol. The zero-order valence-electron chi connectivity index (χ0n) is 6.11. The van der Waals surface area contributed by atoms with Crippen molar-refractivity contribution in [1.82, 2.24) is 5.32 Å². The van der Waals surface area contributed by atoms with Gasteiger partial charge in [0.15, 0.2) is 5.78 Å². The fourth-order valence-corrected chi connectivity index (χ4v) is 1.00. The molecule has 0 aromatic carbocycles. The maximum absolute atomic E-state index is 11.2. The van der Waals surface area contributed by atoms with E-state index in [2.05, 4.69) is 11.2 Å². The van der Waals surface area contributed by atoms with Crippen LogP contribution in [0.1, 0.15) is 13.3 Å². The van der Waals surface area contributed by atoms with Crippen LogP contribution in [0.3, 0.4) is 0 Å². The molecule has 0 atom stereocenters. The minimum absolute atomic E-state index is 0.160. The van der Waals surface area contributed by atoms with Gasteiger partial charge in [-0.3, -0.25) is 4.79 Å². The number of hydrogen-bond donors (Lipinski definition) is 1. The number of rotatable bonds is 2. The maximum Gasteiger partial charge on any atom is 0.153 e. The fourth-order valence-electron chi connectivity index (χ4n) is 1.00. The van der Waals surface area contributed by atoms with Gasteiger partial charge in [-0.2, -0.15) is 0 Å². The molecule has 0 unspecified atom stereocenters. The minimum Gasteiger partial charge on any atom is -0.315 e. The summed E-state index contributed by atoms with van der Waals surface area (Å²) in [6.45, 7) is 3.52. The Balaban J connectivity index is 2.49. The zero-order valence-corrected chi connectivity index (χ0v) is 6.11. The van der Waals surface area contributed by atoms with Crippen LogP contribution in [0.15, 0.2) is 0 Å². The van der Waals surface area contributed by atoms with Gasteiger partial charge in [-0.05, 0) is 0 Å². The lowest BCUT2D eigenvalue weighted by Crippen LogP contribution is -2.56. The smallest absolute Gasteiger partial charge is 0.153 e. The Labute approximate surface area is 61.0 Å². The van der Waals surface area contributed by atoms with Gasteiger partial charge in [0, 0.05) is 13.1 Å². The molecule has 2 heteroatoms. The summed E-state index contributed by atoms with van der Waals surface area (Å²) in [6, 6.07) is 0. The Hall–Kier alpha value is -0.810. The van der Waals surface area contributed by atoms with E-state index in [-0.39, 0.29) is 17.6 Å². The number of hydrogen-bond acceptors (Lipinski definition) is 2. The van der Waals surface area contributed by atoms with Crippen molar-refractivity contribution in [1.29, 1.82) is 0 Å². The van der Waals surface area contributed by atoms with Crippen LogP contribution in [0.5, 0.6) is 0 Å². The van der Waals surface area contributed by atoms with Gasteiger partial charge in [-0.25, -0.2) is 0 Å². The lowest BCUT2D eigenvalue weighted by atomic mass is 9.79. The Morgan fingerprint density at radius 3 is 2.70 bits per heavy atom. The number of Topliss-reactive ketones (excluding diaryl/α,β-unsaturated/α-hetero) is 1. The number of ketones is 1. The van der Waals surface area contributed by atoms with E-state index in [1.54, 1.807) is 0 Å². The first-order chi connectivity index (χ1) is 4.69. The predicted molar refractivity (Wildman–Crippen MR) is 39.4 cm³/mol. The summed E-state index contributed by atoms with van der Waals surface area (Å²) in [5.74, 6) is 2.55. The molecule has 0 aromatic heterocycles. The second-order valence-electron chi connectivity index (χ2n) is 2.97. The molecule has 1 saturated heterocycles. The maximum atomic E-state index is 11.2. The van der Waals surface area contributed by atoms with E-state index >= 15 is 0 Å². The van der Waals surface area contributed by atoms with Crippen LogP contribution in [0.4, 0.5) is 0 Å². The first kappa shape index (κ1) is 7.30. The molecule has 1 aliphatic heterocycles. The van der Waals surface area contributed by atoms with E-state index < -0.39 is 0 Å². The summed E-state index contributed by atoms with van der Waals surface area (Å²) in [7, 11) is 0. The van der Waals surface area contributed by atoms with Crippen LogP contribution < -0.4 is 5.32 Å². The van der Waals surface area contributed by atoms with Crippen molar-refractivity contribution >= 4 is 5.78 Å². The molecule has 1 aliphatic rings. The molecule has 0 bridgehead atoms. The van der Waals surface area contributed by atoms with Gasteiger partial charge in [0.05, 0.1) is 11.8 Å². The third-order valence-electron chi connectivity index (χ3n) is 1.97. The van der Waals surface area contributed by atoms with Crippen molar-refractivity contribution in [3.05, 3.63) is 0 Å². The van der Waals surface area contributed by atoms with Gasteiger partial charge in [0.25, 0.3) is 0 Å². The summed E-state index contributed by atoms with van der Waals surface area (Å²) in [6.07, 6.45) is 5.29. The van der Waals surface area contributed by atoms with Gasteiger partial charge in [0.1, 0.15) is 0 Å². The molecule has 0 spiro atoms. The molecule has 54 valence electrons. The van der Waals surface area contributed by atoms with Gasteiger partial charge in [-0.15, -0.1) is 6.42 Å². The zero-order chi connectivity index (χ0) is 7.61. The van der Waals surface area contributed by atoms with Crippen LogP contribution in [0, 0.1) is 17.8 Å². The minimum atomic E-state index is -0.160. The average Bonchev–Trinajstić information content (AvgIpc) is 1.83. The quantitative estimate of drug-likeness (QED) is 0.550. The average molecular weight is 137 g/mol. The summed E-state index contributed by atoms with van der Waals surface area (Å²) >= 11 is 0. The van der Waals surface area contributed by atoms with E-state index in [0.29, 0.717) is 0 Å². The number of carbonyl (C=O) groups excluding carboxylic acids is 1. The number of terminal acetylenes is 1. The molecule has 0 radical (unpaired) electrons. The third kappa shape index (κ3) is 1.05. The highest BCUT2D eigenvalue weighted by molar-refractivity contribution is 5.87. The van der Waals surface area contributed by atoms with Gasteiger partial charge >= 0.3 is 0 Å². The van der Waals surface area contributed by atoms with Crippen molar-refractivity contribution in [3.8, 4) is 12.3 Å². The van der Waals surface area contributed by atoms with Crippen molar-refractivity contribution in [2.45, 2.75) is 13.3 Å². The van der Waals surface area contributed by atoms with E-state index in [4.69, 9.17) is 6.42 Å². The normalized spacial score (nSPS) is 20.8. The molecule has 0 saturated carbocycles. The summed E-state index contributed by atoms with van der Waals surface area (Å²) in [5.41, 5.74) is -0.160. The molecule has 1 rings (SSSR count). The molecule has 0 amide bonds. The highest BCUT2D eigenvalue weighted by Gasteiger charge is 2.37. The van der Waals surface area contributed by atoms with E-state index in [1.165, 1.54) is 0 Å². The van der Waals surface area contributed by atoms with Crippen molar-refractivity contribution < 1.29 is 4.79 Å². The lowest BCUT2D eigenvalue weighted by Gasteiger charge is -2.37. The molecule has 1 N–H and O–H groups in total. The molecular formula is C8H11NO. The van der Waals surface area contributed by atoms with Crippen molar-refractivity contribution in [2.24, 2.45) is 5.41 Å². The van der Waals surface area contributed by atoms with Gasteiger partial charge < -0.3 is 5.32 Å². The predicted octanol–water partition coefficient (Wildman–Crippen LogP) is 0.188. The van der Waals surface area contributed by atoms with Crippen molar-refractivity contribution in [2.75, 3.05) is 13.1 Å². The van der Waals surface area contributed by atoms with Crippen LogP contribution >= 0.6 is 0 Å². The summed E-state index contributed by atoms with van der Waals surface area (Å²) in [4.78, 5) is 11.2. The Morgan fingerprint density at radius 1 is 1.80 bits per heavy atom. The molecule has 0 aliphatic carbocycles. The second kappa shape index (κ2) is 2.43. The SMILES string of the molecule is C#CCC(=O)C1(C)CNC1. The van der Waals surface area contributed by atoms with Crippen LogP contribution in [-0.4, -0.2) is 18.9 Å². The molecule has 10 heavy (non-hydrogen) atoms. The van der Waals surface area contributed by atoms with E-state index in [0.717, 1.165) is 13.1 Å². The third-order valence-corrected chi connectivity index (χ3v) is 1.97. The topological polar surface area (TPSA) is 29.1 Å². The van der Waals surface area contributed by atoms with E-state index in [9.17, 15) is 4.79 Å². The lowest BCUT2D eigenvalue weighted by molar-refractivity contribution is -0.129. The highest BCUT2D eigenvalue weighted by Crippen LogP contribution is 2.23. The highest BCUT2D eigenvalue weighted by atomic mass is 16.1. The first-order valence-electron chi connectivity index (χ1n) is 3.36. The fraction of sp³-hybridized carbons (Fsp3) is 0.625. The number of nitrogens with one attached hydrogen (secondary N) is 1. The number of carbonyl (C=O) groups is 1. The molecule has 1 heterocycles. The Kier molecular flexibility index (Phi) is 1.78. The Bertz CT molecular complexity index is 186. The summed E-state index contributed by atoms with van der Waals surface area (Å²) in [5, 5.41) is 3.05. The second-order valence-corrected chi connectivity index (χ2v) is 2.97. The van der Waals surface area contributed by atoms with Crippen LogP contribution in [0.25, 0.3) is 0 Å². The van der Waals surface area contributed by atoms with Crippen LogP contribution in [0.2, 0.25) is 0 Å². The van der Waals surface area contributed by atoms with E-state index in [1.807, 2.05) is 6.92 Å². The Morgan fingerprint density at radius 2 is 2.40 bits per heavy atom. The molecule has 0 aromatic rings. The van der Waals surface area contributed by atoms with Gasteiger partial charge in [0.2, 0.25) is 0 Å². The molecule has 2 nitrogen and oxygen atoms in total. The summed E-state index contributed by atoms with van der Waals surface area (Å²) < 4.78 is 0. The van der Waals surface area contributed by atoms with Crippen LogP contribution in [-0.2, 0) is 4.79 Å². The standard InChI is InChI=1S/C8H11NO/c1-3-4-7(10)8(2)5-9-6-8/h1,9H,4-6H2,2H3. The van der Waals surface area contributed by atoms with Gasteiger partial charge in [-0.1, -0.05) is 12.8 Å².